The van der Waals surface area contributed by atoms with Gasteiger partial charge in [0.25, 0.3) is 0 Å². The molecule has 0 fully saturated rings. The molecule has 2 heterocycles. The molecule has 4 heteroatoms. The average molecular weight is 287 g/mol. The van der Waals surface area contributed by atoms with Crippen LogP contribution in [0.2, 0.25) is 0 Å². The van der Waals surface area contributed by atoms with E-state index in [1.807, 2.05) is 13.1 Å². The van der Waals surface area contributed by atoms with Crippen molar-refractivity contribution in [2.24, 2.45) is 0 Å². The number of benzene rings is 1. The van der Waals surface area contributed by atoms with Crippen LogP contribution in [0.4, 0.5) is 5.69 Å². The van der Waals surface area contributed by atoms with Crippen LogP contribution >= 0.6 is 11.3 Å². The third-order valence-electron chi connectivity index (χ3n) is 3.79. The predicted octanol–water partition coefficient (Wildman–Crippen LogP) is 3.12. The molecule has 0 amide bonds. The van der Waals surface area contributed by atoms with Gasteiger partial charge in [-0.15, -0.1) is 11.3 Å². The summed E-state index contributed by atoms with van der Waals surface area (Å²) in [6, 6.07) is 6.86. The standard InChI is InChI=1S/C16H21N3S/c1-12-18-11-15(20-12)10-17-9-13-5-6-16-14(8-13)4-3-7-19(16)2/h5-6,8,11,17H,3-4,7,9-10H2,1-2H3. The number of hydrogen-bond donors (Lipinski definition) is 1. The van der Waals surface area contributed by atoms with Crippen molar-refractivity contribution >= 4 is 17.0 Å². The molecule has 3 nitrogen and oxygen atoms in total. The second-order valence-corrected chi connectivity index (χ2v) is 6.76. The van der Waals surface area contributed by atoms with E-state index in [-0.39, 0.29) is 0 Å². The Morgan fingerprint density at radius 3 is 3.05 bits per heavy atom. The van der Waals surface area contributed by atoms with Crippen molar-refractivity contribution < 1.29 is 0 Å². The topological polar surface area (TPSA) is 28.2 Å². The second kappa shape index (κ2) is 5.94. The highest BCUT2D eigenvalue weighted by molar-refractivity contribution is 7.11. The summed E-state index contributed by atoms with van der Waals surface area (Å²) in [5, 5.41) is 4.64. The zero-order chi connectivity index (χ0) is 13.9. The number of aryl methyl sites for hydroxylation is 2. The molecule has 2 aromatic rings. The van der Waals surface area contributed by atoms with Gasteiger partial charge < -0.3 is 10.2 Å². The number of nitrogens with zero attached hydrogens (tertiary/aromatic N) is 2. The monoisotopic (exact) mass is 287 g/mol. The van der Waals surface area contributed by atoms with Crippen LogP contribution in [0, 0.1) is 6.92 Å². The molecule has 0 saturated carbocycles. The van der Waals surface area contributed by atoms with Crippen LogP contribution in [-0.2, 0) is 19.5 Å². The van der Waals surface area contributed by atoms with E-state index in [0.717, 1.165) is 18.1 Å². The Kier molecular flexibility index (Phi) is 4.03. The first-order chi connectivity index (χ1) is 9.72. The van der Waals surface area contributed by atoms with E-state index in [2.05, 4.69) is 40.4 Å². The molecule has 0 bridgehead atoms. The van der Waals surface area contributed by atoms with Crippen molar-refractivity contribution in [1.29, 1.82) is 0 Å². The minimum Gasteiger partial charge on any atom is -0.374 e. The Morgan fingerprint density at radius 1 is 1.35 bits per heavy atom. The van der Waals surface area contributed by atoms with Gasteiger partial charge in [-0.3, -0.25) is 0 Å². The first kappa shape index (κ1) is 13.6. The molecular formula is C16H21N3S. The Balaban J connectivity index is 1.60. The minimum absolute atomic E-state index is 0.905. The van der Waals surface area contributed by atoms with Crippen LogP contribution in [0.15, 0.2) is 24.4 Å². The highest BCUT2D eigenvalue weighted by Gasteiger charge is 2.13. The fourth-order valence-electron chi connectivity index (χ4n) is 2.77. The van der Waals surface area contributed by atoms with Crippen LogP contribution < -0.4 is 10.2 Å². The lowest BCUT2D eigenvalue weighted by atomic mass is 9.99. The van der Waals surface area contributed by atoms with Gasteiger partial charge in [0.15, 0.2) is 0 Å². The Bertz CT molecular complexity index is 591. The van der Waals surface area contributed by atoms with Gasteiger partial charge in [-0.1, -0.05) is 12.1 Å². The summed E-state index contributed by atoms with van der Waals surface area (Å²) in [4.78, 5) is 7.94. The fraction of sp³-hybridized carbons (Fsp3) is 0.438. The van der Waals surface area contributed by atoms with E-state index < -0.39 is 0 Å². The lowest BCUT2D eigenvalue weighted by molar-refractivity contribution is 0.695. The van der Waals surface area contributed by atoms with Gasteiger partial charge in [-0.25, -0.2) is 4.98 Å². The molecule has 0 atom stereocenters. The van der Waals surface area contributed by atoms with Crippen molar-refractivity contribution in [3.05, 3.63) is 45.4 Å². The number of aromatic nitrogens is 1. The summed E-state index contributed by atoms with van der Waals surface area (Å²) in [6.07, 6.45) is 4.44. The predicted molar refractivity (Wildman–Crippen MR) is 85.4 cm³/mol. The summed E-state index contributed by atoms with van der Waals surface area (Å²) < 4.78 is 0. The van der Waals surface area contributed by atoms with Crippen LogP contribution in [0.5, 0.6) is 0 Å². The van der Waals surface area contributed by atoms with Crippen molar-refractivity contribution in [2.75, 3.05) is 18.5 Å². The summed E-state index contributed by atoms with van der Waals surface area (Å²) in [6.45, 7) is 5.06. The van der Waals surface area contributed by atoms with Crippen molar-refractivity contribution in [3.63, 3.8) is 0 Å². The van der Waals surface area contributed by atoms with Gasteiger partial charge in [0, 0.05) is 43.4 Å². The van der Waals surface area contributed by atoms with Gasteiger partial charge in [-0.2, -0.15) is 0 Å². The molecule has 1 aliphatic heterocycles. The Labute approximate surface area is 124 Å². The lowest BCUT2D eigenvalue weighted by Crippen LogP contribution is -2.24. The molecular weight excluding hydrogens is 266 g/mol. The third-order valence-corrected chi connectivity index (χ3v) is 4.71. The summed E-state index contributed by atoms with van der Waals surface area (Å²) >= 11 is 1.77. The third kappa shape index (κ3) is 3.02. The van der Waals surface area contributed by atoms with E-state index in [9.17, 15) is 0 Å². The molecule has 0 unspecified atom stereocenters. The lowest BCUT2D eigenvalue weighted by Gasteiger charge is -2.27. The van der Waals surface area contributed by atoms with E-state index >= 15 is 0 Å². The molecule has 1 N–H and O–H groups in total. The molecule has 106 valence electrons. The van der Waals surface area contributed by atoms with Crippen LogP contribution in [0.3, 0.4) is 0 Å². The second-order valence-electron chi connectivity index (χ2n) is 5.44. The Hall–Kier alpha value is -1.39. The molecule has 20 heavy (non-hydrogen) atoms. The van der Waals surface area contributed by atoms with Crippen LogP contribution in [0.25, 0.3) is 0 Å². The number of thiazole rings is 1. The van der Waals surface area contributed by atoms with Gasteiger partial charge >= 0.3 is 0 Å². The van der Waals surface area contributed by atoms with E-state index in [1.165, 1.54) is 41.1 Å². The largest absolute Gasteiger partial charge is 0.374 e. The molecule has 0 spiro atoms. The number of nitrogens with one attached hydrogen (secondary N) is 1. The normalized spacial score (nSPS) is 14.4. The fourth-order valence-corrected chi connectivity index (χ4v) is 3.53. The van der Waals surface area contributed by atoms with Gasteiger partial charge in [-0.05, 0) is 37.0 Å². The Morgan fingerprint density at radius 2 is 2.25 bits per heavy atom. The van der Waals surface area contributed by atoms with E-state index in [0.29, 0.717) is 0 Å². The smallest absolute Gasteiger partial charge is 0.0897 e. The first-order valence-electron chi connectivity index (χ1n) is 7.17. The number of fused-ring (bicyclic) bond motifs is 1. The summed E-state index contributed by atoms with van der Waals surface area (Å²) in [5.41, 5.74) is 4.27. The van der Waals surface area contributed by atoms with Crippen molar-refractivity contribution in [3.8, 4) is 0 Å². The quantitative estimate of drug-likeness (QED) is 0.936. The highest BCUT2D eigenvalue weighted by atomic mass is 32.1. The number of rotatable bonds is 4. The number of hydrogen-bond acceptors (Lipinski definition) is 4. The molecule has 0 radical (unpaired) electrons. The maximum atomic E-state index is 4.28. The number of anilines is 1. The molecule has 1 aromatic heterocycles. The van der Waals surface area contributed by atoms with Crippen molar-refractivity contribution in [2.45, 2.75) is 32.9 Å². The molecule has 1 aliphatic rings. The maximum Gasteiger partial charge on any atom is 0.0897 e. The van der Waals surface area contributed by atoms with Crippen LogP contribution in [0.1, 0.15) is 27.4 Å². The average Bonchev–Trinajstić information content (AvgIpc) is 2.85. The highest BCUT2D eigenvalue weighted by Crippen LogP contribution is 2.26. The molecule has 1 aromatic carbocycles. The summed E-state index contributed by atoms with van der Waals surface area (Å²) in [5.74, 6) is 0. The SMILES string of the molecule is Cc1ncc(CNCc2ccc3c(c2)CCCN3C)s1. The minimum atomic E-state index is 0.905. The van der Waals surface area contributed by atoms with Gasteiger partial charge in [0.05, 0.1) is 5.01 Å². The van der Waals surface area contributed by atoms with Crippen LogP contribution in [-0.4, -0.2) is 18.6 Å². The van der Waals surface area contributed by atoms with Gasteiger partial charge in [0.1, 0.15) is 0 Å². The first-order valence-corrected chi connectivity index (χ1v) is 7.99. The van der Waals surface area contributed by atoms with Crippen molar-refractivity contribution in [1.82, 2.24) is 10.3 Å². The van der Waals surface area contributed by atoms with E-state index in [1.54, 1.807) is 11.3 Å². The molecule has 3 rings (SSSR count). The zero-order valence-corrected chi connectivity index (χ0v) is 13.0. The maximum absolute atomic E-state index is 4.28. The summed E-state index contributed by atoms with van der Waals surface area (Å²) in [7, 11) is 2.18. The van der Waals surface area contributed by atoms with Gasteiger partial charge in [0.2, 0.25) is 0 Å². The van der Waals surface area contributed by atoms with E-state index in [4.69, 9.17) is 0 Å². The molecule has 0 saturated heterocycles. The molecule has 0 aliphatic carbocycles. The zero-order valence-electron chi connectivity index (χ0n) is 12.1.